The Kier molecular flexibility index (Phi) is 4.38. The molecule has 4 aliphatic rings. The molecule has 0 amide bonds. The Bertz CT molecular complexity index is 638. The normalized spacial score (nSPS) is 57.5. The van der Waals surface area contributed by atoms with E-state index in [0.29, 0.717) is 44.9 Å². The number of Topliss-reactive ketones (excluding diaryl/α,β-unsaturated/α-hetero) is 1. The van der Waals surface area contributed by atoms with Gasteiger partial charge in [0, 0.05) is 17.3 Å². The molecule has 0 unspecified atom stereocenters. The maximum absolute atomic E-state index is 12.4. The summed E-state index contributed by atoms with van der Waals surface area (Å²) in [5, 5.41) is 53.3. The Morgan fingerprint density at radius 3 is 2.33 bits per heavy atom. The van der Waals surface area contributed by atoms with Crippen LogP contribution in [-0.4, -0.2) is 61.3 Å². The van der Waals surface area contributed by atoms with Gasteiger partial charge < -0.3 is 25.5 Å². The number of carbonyl (C=O) groups is 1. The highest BCUT2D eigenvalue weighted by Gasteiger charge is 2.70. The van der Waals surface area contributed by atoms with Gasteiger partial charge in [0.1, 0.15) is 12.2 Å². The first-order valence-electron chi connectivity index (χ1n) is 10.5. The van der Waals surface area contributed by atoms with Crippen LogP contribution in [0, 0.1) is 28.6 Å². The zero-order valence-electron chi connectivity index (χ0n) is 16.4. The van der Waals surface area contributed by atoms with Gasteiger partial charge >= 0.3 is 0 Å². The lowest BCUT2D eigenvalue weighted by Gasteiger charge is -2.65. The Balaban J connectivity index is 1.72. The van der Waals surface area contributed by atoms with E-state index in [1.807, 2.05) is 6.92 Å². The number of aliphatic hydroxyl groups excluding tert-OH is 3. The van der Waals surface area contributed by atoms with Crippen molar-refractivity contribution in [2.45, 2.75) is 88.6 Å². The van der Waals surface area contributed by atoms with Crippen molar-refractivity contribution >= 4 is 5.78 Å². The molecule has 0 radical (unpaired) electrons. The van der Waals surface area contributed by atoms with E-state index in [1.54, 1.807) is 0 Å². The molecular weight excluding hydrogens is 348 g/mol. The predicted molar refractivity (Wildman–Crippen MR) is 97.6 cm³/mol. The van der Waals surface area contributed by atoms with Crippen LogP contribution in [0.4, 0.5) is 0 Å². The van der Waals surface area contributed by atoms with E-state index in [0.717, 1.165) is 6.42 Å². The summed E-state index contributed by atoms with van der Waals surface area (Å²) in [5.74, 6) is -0.440. The minimum atomic E-state index is -1.59. The lowest BCUT2D eigenvalue weighted by Crippen LogP contribution is -2.67. The lowest BCUT2D eigenvalue weighted by molar-refractivity contribution is -0.252. The van der Waals surface area contributed by atoms with Gasteiger partial charge in [-0.15, -0.1) is 0 Å². The molecule has 0 aromatic heterocycles. The summed E-state index contributed by atoms with van der Waals surface area (Å²) in [6.45, 7) is 3.27. The van der Waals surface area contributed by atoms with Crippen molar-refractivity contribution in [2.24, 2.45) is 28.6 Å². The van der Waals surface area contributed by atoms with E-state index in [1.165, 1.54) is 0 Å². The topological polar surface area (TPSA) is 118 Å². The largest absolute Gasteiger partial charge is 0.393 e. The van der Waals surface area contributed by atoms with Gasteiger partial charge in [-0.3, -0.25) is 4.79 Å². The molecule has 6 heteroatoms. The van der Waals surface area contributed by atoms with Gasteiger partial charge in [0.15, 0.2) is 5.78 Å². The van der Waals surface area contributed by atoms with Crippen molar-refractivity contribution in [1.82, 2.24) is 0 Å². The molecule has 0 aromatic carbocycles. The number of rotatable bonds is 2. The van der Waals surface area contributed by atoms with E-state index in [-0.39, 0.29) is 17.8 Å². The Labute approximate surface area is 160 Å². The van der Waals surface area contributed by atoms with Crippen molar-refractivity contribution < 1.29 is 30.3 Å². The van der Waals surface area contributed by atoms with Crippen LogP contribution in [0.3, 0.4) is 0 Å². The summed E-state index contributed by atoms with van der Waals surface area (Å²) >= 11 is 0. The highest BCUT2D eigenvalue weighted by atomic mass is 16.3. The first-order valence-corrected chi connectivity index (χ1v) is 10.5. The fraction of sp³-hybridized carbons (Fsp3) is 0.952. The van der Waals surface area contributed by atoms with Crippen LogP contribution in [0.25, 0.3) is 0 Å². The van der Waals surface area contributed by atoms with Crippen LogP contribution >= 0.6 is 0 Å². The summed E-state index contributed by atoms with van der Waals surface area (Å²) in [6.07, 6.45) is 3.06. The summed E-state index contributed by atoms with van der Waals surface area (Å²) in [6, 6.07) is 0. The fourth-order valence-electron chi connectivity index (χ4n) is 7.94. The summed E-state index contributed by atoms with van der Waals surface area (Å²) in [5.41, 5.74) is -3.79. The van der Waals surface area contributed by atoms with E-state index >= 15 is 0 Å². The quantitative estimate of drug-likeness (QED) is 0.481. The maximum atomic E-state index is 12.4. The molecule has 4 aliphatic carbocycles. The third-order valence-corrected chi connectivity index (χ3v) is 9.47. The van der Waals surface area contributed by atoms with Crippen LogP contribution in [0.5, 0.6) is 0 Å². The smallest absolute Gasteiger partial charge is 0.190 e. The first-order chi connectivity index (χ1) is 12.5. The molecule has 0 heterocycles. The van der Waals surface area contributed by atoms with Crippen molar-refractivity contribution in [2.75, 3.05) is 6.61 Å². The molecule has 27 heavy (non-hydrogen) atoms. The molecule has 9 atom stereocenters. The van der Waals surface area contributed by atoms with Crippen LogP contribution in [0.2, 0.25) is 0 Å². The molecule has 4 fully saturated rings. The highest BCUT2D eigenvalue weighted by molar-refractivity contribution is 5.89. The number of carbonyl (C=O) groups excluding carboxylic acids is 1. The number of ketones is 1. The van der Waals surface area contributed by atoms with Gasteiger partial charge in [-0.25, -0.2) is 0 Å². The summed E-state index contributed by atoms with van der Waals surface area (Å²) in [4.78, 5) is 12.4. The van der Waals surface area contributed by atoms with Gasteiger partial charge in [0.2, 0.25) is 0 Å². The molecule has 0 bridgehead atoms. The zero-order chi connectivity index (χ0) is 19.8. The van der Waals surface area contributed by atoms with Gasteiger partial charge in [-0.1, -0.05) is 13.8 Å². The number of fused-ring (bicyclic) bond motifs is 5. The van der Waals surface area contributed by atoms with E-state index < -0.39 is 46.6 Å². The molecule has 0 aromatic rings. The molecule has 0 spiro atoms. The Hall–Kier alpha value is -0.530. The van der Waals surface area contributed by atoms with Crippen LogP contribution in [-0.2, 0) is 4.79 Å². The summed E-state index contributed by atoms with van der Waals surface area (Å²) < 4.78 is 0. The van der Waals surface area contributed by atoms with Crippen LogP contribution in [0.1, 0.15) is 65.2 Å². The van der Waals surface area contributed by atoms with Gasteiger partial charge in [0.25, 0.3) is 0 Å². The number of hydrogen-bond donors (Lipinski definition) is 5. The van der Waals surface area contributed by atoms with Crippen molar-refractivity contribution in [1.29, 1.82) is 0 Å². The van der Waals surface area contributed by atoms with Gasteiger partial charge in [0.05, 0.1) is 17.8 Å². The second kappa shape index (κ2) is 5.99. The third-order valence-electron chi connectivity index (χ3n) is 9.47. The predicted octanol–water partition coefficient (Wildman–Crippen LogP) is 0.768. The number of aliphatic hydroxyl groups is 5. The minimum absolute atomic E-state index is 0.0830. The molecule has 4 rings (SSSR count). The third kappa shape index (κ3) is 2.34. The standard InChI is InChI=1S/C21H34O6/c1-18-6-3-12(23)9-20(18,26)7-4-13-14-5-8-21(27,16(25)11-22)19(14,2)10-15(24)17(13)18/h12-15,17,22-24,26-27H,3-11H2,1-2H3/t12-,13+,14+,15+,17-,18-,19+,20+,21+/m1/s1. The molecule has 5 N–H and O–H groups in total. The SMILES string of the molecule is C[C@]12C[C@H](O)[C@H]3[C@@H](CC[C@]4(O)C[C@H](O)CC[C@]34C)[C@@H]1CC[C@]2(O)C(=O)CO. The Morgan fingerprint density at radius 1 is 0.963 bits per heavy atom. The molecular formula is C21H34O6. The molecule has 0 aliphatic heterocycles. The van der Waals surface area contributed by atoms with Crippen LogP contribution < -0.4 is 0 Å². The summed E-state index contributed by atoms with van der Waals surface area (Å²) in [7, 11) is 0. The Morgan fingerprint density at radius 2 is 1.67 bits per heavy atom. The maximum Gasteiger partial charge on any atom is 0.190 e. The van der Waals surface area contributed by atoms with Crippen molar-refractivity contribution in [3.05, 3.63) is 0 Å². The average Bonchev–Trinajstić information content (AvgIpc) is 2.87. The zero-order valence-corrected chi connectivity index (χ0v) is 16.4. The average molecular weight is 382 g/mol. The van der Waals surface area contributed by atoms with E-state index in [4.69, 9.17) is 0 Å². The first kappa shape index (κ1) is 19.8. The van der Waals surface area contributed by atoms with Gasteiger partial charge in [-0.05, 0) is 62.7 Å². The van der Waals surface area contributed by atoms with Crippen LogP contribution in [0.15, 0.2) is 0 Å². The molecule has 4 saturated carbocycles. The molecule has 154 valence electrons. The minimum Gasteiger partial charge on any atom is -0.393 e. The van der Waals surface area contributed by atoms with E-state index in [2.05, 4.69) is 6.92 Å². The second-order valence-electron chi connectivity index (χ2n) is 10.3. The van der Waals surface area contributed by atoms with E-state index in [9.17, 15) is 30.3 Å². The van der Waals surface area contributed by atoms with Gasteiger partial charge in [-0.2, -0.15) is 0 Å². The molecule has 6 nitrogen and oxygen atoms in total. The fourth-order valence-corrected chi connectivity index (χ4v) is 7.94. The van der Waals surface area contributed by atoms with Crippen molar-refractivity contribution in [3.8, 4) is 0 Å². The second-order valence-corrected chi connectivity index (χ2v) is 10.3. The lowest BCUT2D eigenvalue weighted by atomic mass is 9.42. The van der Waals surface area contributed by atoms with Crippen molar-refractivity contribution in [3.63, 3.8) is 0 Å². The highest BCUT2D eigenvalue weighted by Crippen LogP contribution is 2.69. The number of hydrogen-bond acceptors (Lipinski definition) is 6. The monoisotopic (exact) mass is 382 g/mol. The molecule has 0 saturated heterocycles.